The highest BCUT2D eigenvalue weighted by molar-refractivity contribution is 5.78. The molecule has 0 aliphatic carbocycles. The molecule has 4 nitrogen and oxygen atoms in total. The molecule has 1 amide bonds. The molecule has 2 rings (SSSR count). The van der Waals surface area contributed by atoms with Crippen LogP contribution < -0.4 is 5.32 Å². The first-order chi connectivity index (χ1) is 8.20. The molecule has 0 fully saturated rings. The van der Waals surface area contributed by atoms with Crippen molar-refractivity contribution in [3.63, 3.8) is 0 Å². The molecule has 1 atom stereocenters. The van der Waals surface area contributed by atoms with Crippen molar-refractivity contribution in [3.05, 3.63) is 36.1 Å². The lowest BCUT2D eigenvalue weighted by atomic mass is 10.2. The molecular formula is C13H15NO3. The number of nitrogens with one attached hydrogen (secondary N) is 1. The van der Waals surface area contributed by atoms with Crippen LogP contribution in [0, 0.1) is 0 Å². The Morgan fingerprint density at radius 3 is 2.94 bits per heavy atom. The molecule has 1 N–H and O–H groups in total. The molecule has 1 aromatic carbocycles. The van der Waals surface area contributed by atoms with E-state index in [9.17, 15) is 4.79 Å². The van der Waals surface area contributed by atoms with E-state index >= 15 is 0 Å². The summed E-state index contributed by atoms with van der Waals surface area (Å²) < 4.78 is 10.5. The predicted octanol–water partition coefficient (Wildman–Crippen LogP) is 3.24. The molecule has 1 heterocycles. The average molecular weight is 233 g/mol. The van der Waals surface area contributed by atoms with Gasteiger partial charge in [-0.3, -0.25) is 0 Å². The van der Waals surface area contributed by atoms with Crippen molar-refractivity contribution in [2.45, 2.75) is 19.9 Å². The van der Waals surface area contributed by atoms with E-state index in [2.05, 4.69) is 5.32 Å². The zero-order chi connectivity index (χ0) is 12.3. The number of carbonyl (C=O) groups is 1. The number of alkyl carbamates (subject to hydrolysis) is 1. The number of hydrogen-bond donors (Lipinski definition) is 1. The van der Waals surface area contributed by atoms with Crippen molar-refractivity contribution in [2.24, 2.45) is 0 Å². The Balaban J connectivity index is 2.13. The third-order valence-electron chi connectivity index (χ3n) is 2.48. The van der Waals surface area contributed by atoms with Crippen LogP contribution in [0.3, 0.4) is 0 Å². The molecule has 0 saturated carbocycles. The molecule has 2 aromatic rings. The number of benzene rings is 1. The summed E-state index contributed by atoms with van der Waals surface area (Å²) in [6, 6.07) is 9.45. The van der Waals surface area contributed by atoms with Crippen molar-refractivity contribution in [2.75, 3.05) is 6.61 Å². The fraction of sp³-hybridized carbons (Fsp3) is 0.308. The summed E-state index contributed by atoms with van der Waals surface area (Å²) >= 11 is 0. The van der Waals surface area contributed by atoms with Crippen molar-refractivity contribution < 1.29 is 13.9 Å². The fourth-order valence-electron chi connectivity index (χ4n) is 1.64. The van der Waals surface area contributed by atoms with Crippen molar-refractivity contribution in [1.82, 2.24) is 5.32 Å². The van der Waals surface area contributed by atoms with Gasteiger partial charge in [0.15, 0.2) is 0 Å². The number of para-hydroxylation sites is 1. The van der Waals surface area contributed by atoms with E-state index in [1.54, 1.807) is 6.92 Å². The van der Waals surface area contributed by atoms with E-state index in [-0.39, 0.29) is 6.04 Å². The molecule has 4 heteroatoms. The number of rotatable bonds is 3. The molecule has 0 unspecified atom stereocenters. The Hall–Kier alpha value is -1.97. The van der Waals surface area contributed by atoms with Gasteiger partial charge in [0.1, 0.15) is 11.3 Å². The minimum Gasteiger partial charge on any atom is -0.459 e. The highest BCUT2D eigenvalue weighted by Crippen LogP contribution is 2.23. The van der Waals surface area contributed by atoms with Gasteiger partial charge < -0.3 is 14.5 Å². The summed E-state index contributed by atoms with van der Waals surface area (Å²) in [5.41, 5.74) is 0.819. The topological polar surface area (TPSA) is 51.5 Å². The number of fused-ring (bicyclic) bond motifs is 1. The molecule has 17 heavy (non-hydrogen) atoms. The maximum absolute atomic E-state index is 11.3. The Kier molecular flexibility index (Phi) is 3.32. The van der Waals surface area contributed by atoms with Crippen LogP contribution in [0.5, 0.6) is 0 Å². The molecule has 0 radical (unpaired) electrons. The second-order valence-corrected chi connectivity index (χ2v) is 3.77. The molecule has 0 aliphatic rings. The van der Waals surface area contributed by atoms with Gasteiger partial charge in [-0.25, -0.2) is 4.79 Å². The fourth-order valence-corrected chi connectivity index (χ4v) is 1.64. The Labute approximate surface area is 99.6 Å². The maximum Gasteiger partial charge on any atom is 0.407 e. The second-order valence-electron chi connectivity index (χ2n) is 3.77. The standard InChI is InChI=1S/C13H15NO3/c1-3-16-13(15)14-9(2)12-8-10-6-4-5-7-11(10)17-12/h4-9H,3H2,1-2H3,(H,14,15)/t9-/m0/s1. The van der Waals surface area contributed by atoms with Crippen LogP contribution in [0.25, 0.3) is 11.0 Å². The number of ether oxygens (including phenoxy) is 1. The SMILES string of the molecule is CCOC(=O)N[C@@H](C)c1cc2ccccc2o1. The number of amides is 1. The minimum absolute atomic E-state index is 0.207. The summed E-state index contributed by atoms with van der Waals surface area (Å²) in [5, 5.41) is 3.73. The number of carbonyl (C=O) groups excluding carboxylic acids is 1. The lowest BCUT2D eigenvalue weighted by molar-refractivity contribution is 0.147. The van der Waals surface area contributed by atoms with Crippen LogP contribution in [0.15, 0.2) is 34.7 Å². The molecule has 1 aromatic heterocycles. The average Bonchev–Trinajstić information content (AvgIpc) is 2.72. The largest absolute Gasteiger partial charge is 0.459 e. The van der Waals surface area contributed by atoms with E-state index < -0.39 is 6.09 Å². The van der Waals surface area contributed by atoms with Crippen LogP contribution in [-0.2, 0) is 4.74 Å². The van der Waals surface area contributed by atoms with Gasteiger partial charge in [-0.1, -0.05) is 18.2 Å². The van der Waals surface area contributed by atoms with Crippen LogP contribution in [0.2, 0.25) is 0 Å². The molecule has 0 spiro atoms. The Morgan fingerprint density at radius 2 is 2.24 bits per heavy atom. The van der Waals surface area contributed by atoms with Crippen molar-refractivity contribution in [3.8, 4) is 0 Å². The lowest BCUT2D eigenvalue weighted by Gasteiger charge is -2.10. The molecule has 90 valence electrons. The van der Waals surface area contributed by atoms with E-state index in [1.807, 2.05) is 37.3 Å². The van der Waals surface area contributed by atoms with E-state index in [0.29, 0.717) is 6.61 Å². The monoisotopic (exact) mass is 233 g/mol. The van der Waals surface area contributed by atoms with Crippen molar-refractivity contribution in [1.29, 1.82) is 0 Å². The first kappa shape index (κ1) is 11.5. The summed E-state index contributed by atoms with van der Waals surface area (Å²) in [6.07, 6.45) is -0.430. The van der Waals surface area contributed by atoms with E-state index in [0.717, 1.165) is 16.7 Å². The van der Waals surface area contributed by atoms with Gasteiger partial charge >= 0.3 is 6.09 Å². The normalized spacial score (nSPS) is 12.4. The summed E-state index contributed by atoms with van der Waals surface area (Å²) in [6.45, 7) is 3.98. The Morgan fingerprint density at radius 1 is 1.47 bits per heavy atom. The lowest BCUT2D eigenvalue weighted by Crippen LogP contribution is -2.26. The first-order valence-corrected chi connectivity index (χ1v) is 5.62. The van der Waals surface area contributed by atoms with Gasteiger partial charge in [-0.2, -0.15) is 0 Å². The number of furan rings is 1. The van der Waals surface area contributed by atoms with Gasteiger partial charge in [-0.05, 0) is 26.0 Å². The molecule has 0 bridgehead atoms. The quantitative estimate of drug-likeness (QED) is 0.885. The predicted molar refractivity (Wildman–Crippen MR) is 64.8 cm³/mol. The van der Waals surface area contributed by atoms with Gasteiger partial charge in [-0.15, -0.1) is 0 Å². The maximum atomic E-state index is 11.3. The zero-order valence-corrected chi connectivity index (χ0v) is 9.90. The summed E-state index contributed by atoms with van der Waals surface area (Å²) in [4.78, 5) is 11.3. The van der Waals surface area contributed by atoms with E-state index in [4.69, 9.17) is 9.15 Å². The third kappa shape index (κ3) is 2.58. The minimum atomic E-state index is -0.430. The molecule has 0 saturated heterocycles. The van der Waals surface area contributed by atoms with Crippen LogP contribution in [-0.4, -0.2) is 12.7 Å². The summed E-state index contributed by atoms with van der Waals surface area (Å²) in [7, 11) is 0. The Bertz CT molecular complexity index is 485. The highest BCUT2D eigenvalue weighted by atomic mass is 16.5. The highest BCUT2D eigenvalue weighted by Gasteiger charge is 2.14. The third-order valence-corrected chi connectivity index (χ3v) is 2.48. The van der Waals surface area contributed by atoms with Gasteiger partial charge in [0.25, 0.3) is 0 Å². The second kappa shape index (κ2) is 4.91. The molecule has 0 aliphatic heterocycles. The first-order valence-electron chi connectivity index (χ1n) is 5.62. The summed E-state index contributed by atoms with van der Waals surface area (Å²) in [5.74, 6) is 0.722. The van der Waals surface area contributed by atoms with Crippen molar-refractivity contribution >= 4 is 17.1 Å². The van der Waals surface area contributed by atoms with E-state index in [1.165, 1.54) is 0 Å². The van der Waals surface area contributed by atoms with Crippen LogP contribution in [0.4, 0.5) is 4.79 Å². The smallest absolute Gasteiger partial charge is 0.407 e. The zero-order valence-electron chi connectivity index (χ0n) is 9.90. The van der Waals surface area contributed by atoms with Gasteiger partial charge in [0.2, 0.25) is 0 Å². The van der Waals surface area contributed by atoms with Crippen LogP contribution in [0.1, 0.15) is 25.6 Å². The van der Waals surface area contributed by atoms with Crippen LogP contribution >= 0.6 is 0 Å². The van der Waals surface area contributed by atoms with Gasteiger partial charge in [0.05, 0.1) is 12.6 Å². The number of hydrogen-bond acceptors (Lipinski definition) is 3. The molecular weight excluding hydrogens is 218 g/mol. The van der Waals surface area contributed by atoms with Gasteiger partial charge in [0, 0.05) is 5.39 Å².